The Morgan fingerprint density at radius 1 is 1.35 bits per heavy atom. The van der Waals surface area contributed by atoms with Gasteiger partial charge in [-0.1, -0.05) is 37.3 Å². The Bertz CT molecular complexity index is 546. The molecule has 17 heavy (non-hydrogen) atoms. The third kappa shape index (κ3) is 2.03. The van der Waals surface area contributed by atoms with Crippen molar-refractivity contribution < 1.29 is 9.90 Å². The lowest BCUT2D eigenvalue weighted by molar-refractivity contribution is 0.0699. The second kappa shape index (κ2) is 4.59. The summed E-state index contributed by atoms with van der Waals surface area (Å²) in [7, 11) is 0. The van der Waals surface area contributed by atoms with Crippen molar-refractivity contribution in [1.82, 2.24) is 0 Å². The first-order valence-electron chi connectivity index (χ1n) is 5.35. The van der Waals surface area contributed by atoms with Crippen molar-refractivity contribution in [2.45, 2.75) is 13.3 Å². The fourth-order valence-electron chi connectivity index (χ4n) is 1.87. The Labute approximate surface area is 104 Å². The molecule has 0 aliphatic rings. The number of carboxylic acid groups (broad SMARTS) is 1. The Morgan fingerprint density at radius 3 is 2.53 bits per heavy atom. The van der Waals surface area contributed by atoms with Crippen molar-refractivity contribution in [1.29, 1.82) is 0 Å². The summed E-state index contributed by atoms with van der Waals surface area (Å²) in [6.45, 7) is 2.00. The molecule has 0 spiro atoms. The highest BCUT2D eigenvalue weighted by molar-refractivity contribution is 7.17. The Hall–Kier alpha value is -1.81. The van der Waals surface area contributed by atoms with Gasteiger partial charge in [-0.3, -0.25) is 0 Å². The summed E-state index contributed by atoms with van der Waals surface area (Å²) in [5.41, 5.74) is 7.71. The molecule has 0 unspecified atom stereocenters. The zero-order valence-electron chi connectivity index (χ0n) is 9.43. The molecule has 1 aromatic heterocycles. The number of carbonyl (C=O) groups is 1. The van der Waals surface area contributed by atoms with Crippen molar-refractivity contribution in [3.8, 4) is 11.1 Å². The van der Waals surface area contributed by atoms with Crippen LogP contribution in [0, 0.1) is 0 Å². The van der Waals surface area contributed by atoms with Crippen molar-refractivity contribution in [2.24, 2.45) is 0 Å². The summed E-state index contributed by atoms with van der Waals surface area (Å²) in [6, 6.07) is 9.52. The Balaban J connectivity index is 2.70. The molecule has 3 N–H and O–H groups in total. The van der Waals surface area contributed by atoms with Crippen molar-refractivity contribution in [3.63, 3.8) is 0 Å². The van der Waals surface area contributed by atoms with E-state index in [2.05, 4.69) is 0 Å². The summed E-state index contributed by atoms with van der Waals surface area (Å²) in [6.07, 6.45) is 0.784. The lowest BCUT2D eigenvalue weighted by Gasteiger charge is -2.04. The van der Waals surface area contributed by atoms with Gasteiger partial charge < -0.3 is 10.8 Å². The number of aromatic carboxylic acids is 1. The first kappa shape index (κ1) is 11.7. The standard InChI is InChI=1S/C13H13NO2S/c1-2-9-10(8-6-4-3-5-7-8)11(13(15)16)12(14)17-9/h3-7H,2,14H2,1H3,(H,15,16). The molecule has 2 rings (SSSR count). The predicted molar refractivity (Wildman–Crippen MR) is 70.5 cm³/mol. The van der Waals surface area contributed by atoms with Gasteiger partial charge in [0.2, 0.25) is 0 Å². The van der Waals surface area contributed by atoms with E-state index in [1.165, 1.54) is 11.3 Å². The molecule has 0 saturated heterocycles. The van der Waals surface area contributed by atoms with Crippen LogP contribution in [0.15, 0.2) is 30.3 Å². The highest BCUT2D eigenvalue weighted by Gasteiger charge is 2.21. The second-order valence-corrected chi connectivity index (χ2v) is 4.80. The maximum Gasteiger partial charge on any atom is 0.339 e. The van der Waals surface area contributed by atoms with Gasteiger partial charge in [0.25, 0.3) is 0 Å². The van der Waals surface area contributed by atoms with Crippen molar-refractivity contribution in [3.05, 3.63) is 40.8 Å². The van der Waals surface area contributed by atoms with E-state index in [0.717, 1.165) is 22.4 Å². The normalized spacial score (nSPS) is 10.4. The first-order chi connectivity index (χ1) is 8.15. The first-order valence-corrected chi connectivity index (χ1v) is 6.16. The third-order valence-electron chi connectivity index (χ3n) is 2.61. The van der Waals surface area contributed by atoms with Crippen molar-refractivity contribution >= 4 is 22.3 Å². The number of rotatable bonds is 3. The van der Waals surface area contributed by atoms with Gasteiger partial charge >= 0.3 is 5.97 Å². The van der Waals surface area contributed by atoms with Gasteiger partial charge in [-0.2, -0.15) is 0 Å². The molecule has 4 heteroatoms. The average molecular weight is 247 g/mol. The minimum atomic E-state index is -0.961. The van der Waals surface area contributed by atoms with Gasteiger partial charge in [0, 0.05) is 10.4 Å². The predicted octanol–water partition coefficient (Wildman–Crippen LogP) is 3.26. The molecular formula is C13H13NO2S. The van der Waals surface area contributed by atoms with Crippen LogP contribution >= 0.6 is 11.3 Å². The second-order valence-electron chi connectivity index (χ2n) is 3.66. The Morgan fingerprint density at radius 2 is 2.00 bits per heavy atom. The van der Waals surface area contributed by atoms with Gasteiger partial charge in [-0.15, -0.1) is 11.3 Å². The van der Waals surface area contributed by atoms with E-state index >= 15 is 0 Å². The SMILES string of the molecule is CCc1sc(N)c(C(=O)O)c1-c1ccccc1. The molecule has 0 fully saturated rings. The van der Waals surface area contributed by atoms with E-state index in [4.69, 9.17) is 5.73 Å². The molecule has 0 atom stereocenters. The molecule has 0 amide bonds. The van der Waals surface area contributed by atoms with Gasteiger partial charge in [-0.05, 0) is 12.0 Å². The fourth-order valence-corrected chi connectivity index (χ4v) is 2.89. The van der Waals surface area contributed by atoms with Crippen molar-refractivity contribution in [2.75, 3.05) is 5.73 Å². The molecule has 88 valence electrons. The number of aryl methyl sites for hydroxylation is 1. The van der Waals surface area contributed by atoms with E-state index in [1.807, 2.05) is 37.3 Å². The number of hydrogen-bond acceptors (Lipinski definition) is 3. The average Bonchev–Trinajstić information content (AvgIpc) is 2.67. The molecule has 0 aliphatic carbocycles. The zero-order valence-corrected chi connectivity index (χ0v) is 10.3. The molecule has 0 saturated carbocycles. The van der Waals surface area contributed by atoms with Crippen LogP contribution in [0.4, 0.5) is 5.00 Å². The summed E-state index contributed by atoms with van der Waals surface area (Å²) in [5.74, 6) is -0.961. The topological polar surface area (TPSA) is 63.3 Å². The van der Waals surface area contributed by atoms with Gasteiger partial charge in [0.15, 0.2) is 0 Å². The van der Waals surface area contributed by atoms with Crippen LogP contribution in [0.2, 0.25) is 0 Å². The number of anilines is 1. The maximum absolute atomic E-state index is 11.3. The minimum Gasteiger partial charge on any atom is -0.478 e. The van der Waals surface area contributed by atoms with Crippen LogP contribution in [0.3, 0.4) is 0 Å². The maximum atomic E-state index is 11.3. The number of nitrogens with two attached hydrogens (primary N) is 1. The van der Waals surface area contributed by atoms with E-state index in [-0.39, 0.29) is 5.56 Å². The van der Waals surface area contributed by atoms with E-state index in [9.17, 15) is 9.90 Å². The van der Waals surface area contributed by atoms with Crippen LogP contribution in [-0.4, -0.2) is 11.1 Å². The highest BCUT2D eigenvalue weighted by atomic mass is 32.1. The largest absolute Gasteiger partial charge is 0.478 e. The summed E-state index contributed by atoms with van der Waals surface area (Å²) in [5, 5.41) is 9.63. The summed E-state index contributed by atoms with van der Waals surface area (Å²) in [4.78, 5) is 12.3. The van der Waals surface area contributed by atoms with Crippen LogP contribution in [-0.2, 0) is 6.42 Å². The molecular weight excluding hydrogens is 234 g/mol. The Kier molecular flexibility index (Phi) is 3.15. The quantitative estimate of drug-likeness (QED) is 0.875. The van der Waals surface area contributed by atoms with Gasteiger partial charge in [0.05, 0.1) is 0 Å². The number of carboxylic acids is 1. The summed E-state index contributed by atoms with van der Waals surface area (Å²) < 4.78 is 0. The fraction of sp³-hybridized carbons (Fsp3) is 0.154. The van der Waals surface area contributed by atoms with Gasteiger partial charge in [-0.25, -0.2) is 4.79 Å². The number of nitrogen functional groups attached to an aromatic ring is 1. The van der Waals surface area contributed by atoms with Crippen LogP contribution in [0.1, 0.15) is 22.2 Å². The summed E-state index contributed by atoms with van der Waals surface area (Å²) >= 11 is 1.36. The van der Waals surface area contributed by atoms with E-state index in [0.29, 0.717) is 5.00 Å². The molecule has 2 aromatic rings. The highest BCUT2D eigenvalue weighted by Crippen LogP contribution is 2.38. The molecule has 0 bridgehead atoms. The lowest BCUT2D eigenvalue weighted by atomic mass is 10.0. The molecule has 3 nitrogen and oxygen atoms in total. The lowest BCUT2D eigenvalue weighted by Crippen LogP contribution is -2.01. The van der Waals surface area contributed by atoms with E-state index < -0.39 is 5.97 Å². The molecule has 0 radical (unpaired) electrons. The zero-order chi connectivity index (χ0) is 12.4. The van der Waals surface area contributed by atoms with Crippen LogP contribution in [0.25, 0.3) is 11.1 Å². The minimum absolute atomic E-state index is 0.234. The van der Waals surface area contributed by atoms with Crippen LogP contribution < -0.4 is 5.73 Å². The third-order valence-corrected chi connectivity index (χ3v) is 3.77. The van der Waals surface area contributed by atoms with Crippen LogP contribution in [0.5, 0.6) is 0 Å². The molecule has 1 heterocycles. The number of thiophene rings is 1. The van der Waals surface area contributed by atoms with Gasteiger partial charge in [0.1, 0.15) is 10.6 Å². The monoisotopic (exact) mass is 247 g/mol. The molecule has 1 aromatic carbocycles. The number of hydrogen-bond donors (Lipinski definition) is 2. The number of benzene rings is 1. The van der Waals surface area contributed by atoms with E-state index in [1.54, 1.807) is 0 Å². The molecule has 0 aliphatic heterocycles. The smallest absolute Gasteiger partial charge is 0.339 e.